The topological polar surface area (TPSA) is 48.1 Å². The number of hydrogen-bond donors (Lipinski definition) is 1. The van der Waals surface area contributed by atoms with Crippen LogP contribution < -0.4 is 10.1 Å². The average Bonchev–Trinajstić information content (AvgIpc) is 3.61. The molecule has 3 fully saturated rings. The molecule has 180 valence electrons. The Balaban J connectivity index is 1.06. The van der Waals surface area contributed by atoms with Crippen molar-refractivity contribution in [1.29, 1.82) is 0 Å². The maximum absolute atomic E-state index is 13.1. The van der Waals surface area contributed by atoms with E-state index < -0.39 is 0 Å². The summed E-state index contributed by atoms with van der Waals surface area (Å²) in [7, 11) is 0. The number of nitrogens with one attached hydrogen (secondary N) is 1. The Hall–Kier alpha value is -2.41. The molecular weight excluding hydrogens is 424 g/mol. The second-order valence-corrected chi connectivity index (χ2v) is 10.5. The zero-order valence-corrected chi connectivity index (χ0v) is 20.0. The lowest BCUT2D eigenvalue weighted by atomic mass is 10.1. The second kappa shape index (κ2) is 9.33. The monoisotopic (exact) mass is 460 g/mol. The lowest BCUT2D eigenvalue weighted by molar-refractivity contribution is 0.0550. The van der Waals surface area contributed by atoms with Gasteiger partial charge in [-0.3, -0.25) is 14.6 Å². The quantitative estimate of drug-likeness (QED) is 0.688. The van der Waals surface area contributed by atoms with E-state index in [2.05, 4.69) is 56.4 Å². The summed E-state index contributed by atoms with van der Waals surface area (Å²) >= 11 is 0. The molecule has 6 heteroatoms. The van der Waals surface area contributed by atoms with E-state index in [4.69, 9.17) is 4.74 Å². The van der Waals surface area contributed by atoms with Gasteiger partial charge in [-0.15, -0.1) is 0 Å². The zero-order valence-electron chi connectivity index (χ0n) is 20.0. The number of ether oxygens (including phenoxy) is 1. The van der Waals surface area contributed by atoms with Gasteiger partial charge in [-0.1, -0.05) is 36.4 Å². The van der Waals surface area contributed by atoms with Crippen molar-refractivity contribution >= 4 is 5.91 Å². The molecule has 2 aromatic rings. The van der Waals surface area contributed by atoms with E-state index in [0.717, 1.165) is 82.1 Å². The van der Waals surface area contributed by atoms with E-state index in [-0.39, 0.29) is 11.4 Å². The lowest BCUT2D eigenvalue weighted by Gasteiger charge is -2.39. The Morgan fingerprint density at radius 2 is 1.82 bits per heavy atom. The SMILES string of the molecule is O=C1c2cccc(OCC3(N4CCN(Cc5ccccc5)CC4)CC3)c2CN1C1CCCNC1. The first-order chi connectivity index (χ1) is 16.7. The Morgan fingerprint density at radius 1 is 1.00 bits per heavy atom. The molecule has 3 heterocycles. The summed E-state index contributed by atoms with van der Waals surface area (Å²) < 4.78 is 6.49. The molecule has 1 saturated carbocycles. The maximum atomic E-state index is 13.1. The highest BCUT2D eigenvalue weighted by Crippen LogP contribution is 2.43. The smallest absolute Gasteiger partial charge is 0.254 e. The first-order valence-electron chi connectivity index (χ1n) is 13.0. The van der Waals surface area contributed by atoms with Crippen LogP contribution in [0.15, 0.2) is 48.5 Å². The van der Waals surface area contributed by atoms with Crippen LogP contribution in [-0.4, -0.2) is 78.1 Å². The highest BCUT2D eigenvalue weighted by atomic mass is 16.5. The van der Waals surface area contributed by atoms with E-state index in [1.54, 1.807) is 0 Å². The van der Waals surface area contributed by atoms with Crippen LogP contribution in [0.4, 0.5) is 0 Å². The fourth-order valence-electron chi connectivity index (χ4n) is 5.99. The molecule has 34 heavy (non-hydrogen) atoms. The maximum Gasteiger partial charge on any atom is 0.254 e. The third kappa shape index (κ3) is 4.35. The molecule has 0 spiro atoms. The van der Waals surface area contributed by atoms with E-state index in [0.29, 0.717) is 12.6 Å². The molecule has 0 aromatic heterocycles. The molecule has 2 aromatic carbocycles. The average molecular weight is 461 g/mol. The van der Waals surface area contributed by atoms with Gasteiger partial charge in [0.15, 0.2) is 0 Å². The highest BCUT2D eigenvalue weighted by Gasteiger charge is 2.49. The summed E-state index contributed by atoms with van der Waals surface area (Å²) in [6.45, 7) is 8.82. The minimum absolute atomic E-state index is 0.171. The van der Waals surface area contributed by atoms with Crippen LogP contribution in [0.5, 0.6) is 5.75 Å². The van der Waals surface area contributed by atoms with Gasteiger partial charge in [-0.05, 0) is 49.9 Å². The summed E-state index contributed by atoms with van der Waals surface area (Å²) in [6.07, 6.45) is 4.64. The van der Waals surface area contributed by atoms with E-state index in [1.807, 2.05) is 12.1 Å². The number of benzene rings is 2. The zero-order chi connectivity index (χ0) is 23.0. The molecule has 1 unspecified atom stereocenters. The number of nitrogens with zero attached hydrogens (tertiary/aromatic N) is 3. The van der Waals surface area contributed by atoms with E-state index in [9.17, 15) is 4.79 Å². The van der Waals surface area contributed by atoms with E-state index >= 15 is 0 Å². The van der Waals surface area contributed by atoms with E-state index in [1.165, 1.54) is 18.4 Å². The molecule has 6 nitrogen and oxygen atoms in total. The van der Waals surface area contributed by atoms with Crippen LogP contribution >= 0.6 is 0 Å². The Bertz CT molecular complexity index is 1010. The molecule has 1 amide bonds. The molecule has 1 N–H and O–H groups in total. The van der Waals surface area contributed by atoms with Crippen molar-refractivity contribution in [2.75, 3.05) is 45.9 Å². The summed E-state index contributed by atoms with van der Waals surface area (Å²) in [6, 6.07) is 17.1. The minimum Gasteiger partial charge on any atom is -0.491 e. The molecule has 4 aliphatic rings. The van der Waals surface area contributed by atoms with Crippen LogP contribution in [0.3, 0.4) is 0 Å². The highest BCUT2D eigenvalue weighted by molar-refractivity contribution is 5.99. The van der Waals surface area contributed by atoms with Crippen molar-refractivity contribution in [2.24, 2.45) is 0 Å². The molecule has 1 atom stereocenters. The van der Waals surface area contributed by atoms with Gasteiger partial charge in [-0.25, -0.2) is 0 Å². The predicted octanol–water partition coefficient (Wildman–Crippen LogP) is 3.12. The summed E-state index contributed by atoms with van der Waals surface area (Å²) in [5.74, 6) is 1.08. The van der Waals surface area contributed by atoms with Gasteiger partial charge in [0, 0.05) is 56.4 Å². The van der Waals surface area contributed by atoms with Crippen molar-refractivity contribution < 1.29 is 9.53 Å². The molecule has 3 aliphatic heterocycles. The Morgan fingerprint density at radius 3 is 2.56 bits per heavy atom. The van der Waals surface area contributed by atoms with Crippen LogP contribution in [0.2, 0.25) is 0 Å². The minimum atomic E-state index is 0.171. The summed E-state index contributed by atoms with van der Waals surface area (Å²) in [5, 5.41) is 3.45. The largest absolute Gasteiger partial charge is 0.491 e. The third-order valence-electron chi connectivity index (χ3n) is 8.28. The summed E-state index contributed by atoms with van der Waals surface area (Å²) in [4.78, 5) is 20.4. The van der Waals surface area contributed by atoms with Crippen LogP contribution in [0.25, 0.3) is 0 Å². The summed E-state index contributed by atoms with van der Waals surface area (Å²) in [5.41, 5.74) is 3.49. The van der Waals surface area contributed by atoms with Gasteiger partial charge in [0.25, 0.3) is 5.91 Å². The number of hydrogen-bond acceptors (Lipinski definition) is 5. The molecule has 1 aliphatic carbocycles. The van der Waals surface area contributed by atoms with Gasteiger partial charge in [-0.2, -0.15) is 0 Å². The number of carbonyl (C=O) groups excluding carboxylic acids is 1. The van der Waals surface area contributed by atoms with Crippen LogP contribution in [0, 0.1) is 0 Å². The molecular formula is C28H36N4O2. The normalized spacial score (nSPS) is 24.8. The molecule has 6 rings (SSSR count). The fourth-order valence-corrected chi connectivity index (χ4v) is 5.99. The van der Waals surface area contributed by atoms with Crippen molar-refractivity contribution in [1.82, 2.24) is 20.0 Å². The predicted molar refractivity (Wildman–Crippen MR) is 133 cm³/mol. The number of carbonyl (C=O) groups is 1. The fraction of sp³-hybridized carbons (Fsp3) is 0.536. The van der Waals surface area contributed by atoms with Gasteiger partial charge in [0.05, 0.1) is 12.1 Å². The van der Waals surface area contributed by atoms with Gasteiger partial charge in [0.2, 0.25) is 0 Å². The van der Waals surface area contributed by atoms with Gasteiger partial charge >= 0.3 is 0 Å². The number of rotatable bonds is 7. The Kier molecular flexibility index (Phi) is 6.06. The number of piperidine rings is 1. The molecule has 0 bridgehead atoms. The first-order valence-corrected chi connectivity index (χ1v) is 13.0. The lowest BCUT2D eigenvalue weighted by Crippen LogP contribution is -2.53. The number of fused-ring (bicyclic) bond motifs is 1. The van der Waals surface area contributed by atoms with Gasteiger partial charge in [0.1, 0.15) is 12.4 Å². The Labute approximate surface area is 202 Å². The molecule has 2 saturated heterocycles. The number of amides is 1. The van der Waals surface area contributed by atoms with Crippen molar-refractivity contribution in [3.63, 3.8) is 0 Å². The molecule has 0 radical (unpaired) electrons. The van der Waals surface area contributed by atoms with Crippen LogP contribution in [0.1, 0.15) is 47.2 Å². The number of piperazine rings is 1. The first kappa shape index (κ1) is 22.1. The second-order valence-electron chi connectivity index (χ2n) is 10.5. The van der Waals surface area contributed by atoms with Gasteiger partial charge < -0.3 is 15.0 Å². The standard InChI is InChI=1S/C28H36N4O2/c33-27-24-9-4-10-26(25(24)20-32(27)23-8-5-13-29-18-23)34-21-28(11-12-28)31-16-14-30(15-17-31)19-22-6-2-1-3-7-22/h1-4,6-7,9-10,23,29H,5,8,11-21H2. The van der Waals surface area contributed by atoms with Crippen molar-refractivity contribution in [2.45, 2.75) is 50.4 Å². The third-order valence-corrected chi connectivity index (χ3v) is 8.28. The van der Waals surface area contributed by atoms with Crippen molar-refractivity contribution in [3.8, 4) is 5.75 Å². The van der Waals surface area contributed by atoms with Crippen molar-refractivity contribution in [3.05, 3.63) is 65.2 Å². The van der Waals surface area contributed by atoms with Crippen LogP contribution in [-0.2, 0) is 13.1 Å².